The van der Waals surface area contributed by atoms with Crippen LogP contribution >= 0.6 is 11.5 Å². The first-order chi connectivity index (χ1) is 9.79. The maximum Gasteiger partial charge on any atom is 0.265 e. The molecule has 0 radical (unpaired) electrons. The van der Waals surface area contributed by atoms with Crippen LogP contribution in [0.15, 0.2) is 24.3 Å². The van der Waals surface area contributed by atoms with Gasteiger partial charge in [-0.05, 0) is 48.3 Å². The molecule has 1 amide bonds. The molecule has 0 saturated heterocycles. The van der Waals surface area contributed by atoms with Gasteiger partial charge < -0.3 is 5.32 Å². The van der Waals surface area contributed by atoms with Crippen molar-refractivity contribution in [2.45, 2.75) is 38.6 Å². The third-order valence-corrected chi connectivity index (χ3v) is 4.54. The molecule has 0 aliphatic heterocycles. The van der Waals surface area contributed by atoms with Gasteiger partial charge in [0.05, 0.1) is 11.7 Å². The summed E-state index contributed by atoms with van der Waals surface area (Å²) in [6.07, 6.45) is 3.95. The fourth-order valence-corrected chi connectivity index (χ4v) is 3.39. The van der Waals surface area contributed by atoms with Gasteiger partial charge in [-0.15, -0.1) is 5.10 Å². The Morgan fingerprint density at radius 2 is 2.30 bits per heavy atom. The molecule has 1 N–H and O–H groups in total. The minimum atomic E-state index is -0.0430. The molecule has 1 heterocycles. The van der Waals surface area contributed by atoms with E-state index in [-0.39, 0.29) is 11.9 Å². The maximum atomic E-state index is 12.4. The first kappa shape index (κ1) is 13.2. The van der Waals surface area contributed by atoms with Gasteiger partial charge in [-0.2, -0.15) is 0 Å². The van der Waals surface area contributed by atoms with Gasteiger partial charge in [0.1, 0.15) is 4.88 Å². The number of amides is 1. The Kier molecular flexibility index (Phi) is 3.78. The Bertz CT molecular complexity index is 623. The molecule has 3 rings (SSSR count). The average molecular weight is 287 g/mol. The normalized spacial score (nSPS) is 17.6. The van der Waals surface area contributed by atoms with Crippen molar-refractivity contribution >= 4 is 17.4 Å². The Hall–Kier alpha value is -1.75. The van der Waals surface area contributed by atoms with E-state index in [0.29, 0.717) is 4.88 Å². The zero-order valence-electron chi connectivity index (χ0n) is 11.4. The summed E-state index contributed by atoms with van der Waals surface area (Å²) in [6, 6.07) is 8.48. The molecule has 0 unspecified atom stereocenters. The standard InChI is InChI=1S/C15H17N3OS/c1-2-12-14(20-18-17-12)15(19)16-13-9-5-7-10-6-3-4-8-11(10)13/h3-4,6,8,13H,2,5,7,9H2,1H3,(H,16,19)/t13-/m1/s1. The molecular weight excluding hydrogens is 270 g/mol. The van der Waals surface area contributed by atoms with Crippen LogP contribution in [0.5, 0.6) is 0 Å². The van der Waals surface area contributed by atoms with E-state index in [4.69, 9.17) is 0 Å². The lowest BCUT2D eigenvalue weighted by Gasteiger charge is -2.26. The van der Waals surface area contributed by atoms with Gasteiger partial charge in [-0.3, -0.25) is 4.79 Å². The second-order valence-corrected chi connectivity index (χ2v) is 5.77. The number of nitrogens with one attached hydrogen (secondary N) is 1. The minimum absolute atomic E-state index is 0.0430. The predicted molar refractivity (Wildman–Crippen MR) is 78.9 cm³/mol. The molecule has 104 valence electrons. The van der Waals surface area contributed by atoms with Gasteiger partial charge in [-0.25, -0.2) is 0 Å². The highest BCUT2D eigenvalue weighted by Gasteiger charge is 2.23. The zero-order valence-corrected chi connectivity index (χ0v) is 12.2. The summed E-state index contributed by atoms with van der Waals surface area (Å²) >= 11 is 1.18. The highest BCUT2D eigenvalue weighted by Crippen LogP contribution is 2.29. The number of nitrogens with zero attached hydrogens (tertiary/aromatic N) is 2. The lowest BCUT2D eigenvalue weighted by Crippen LogP contribution is -2.31. The fourth-order valence-electron chi connectivity index (χ4n) is 2.74. The van der Waals surface area contributed by atoms with E-state index in [1.165, 1.54) is 22.7 Å². The molecular formula is C15H17N3OS. The molecule has 1 aromatic heterocycles. The van der Waals surface area contributed by atoms with Crippen LogP contribution in [0.3, 0.4) is 0 Å². The number of benzene rings is 1. The number of hydrogen-bond acceptors (Lipinski definition) is 4. The summed E-state index contributed by atoms with van der Waals surface area (Å²) in [5.41, 5.74) is 3.39. The van der Waals surface area contributed by atoms with Crippen LogP contribution in [0.25, 0.3) is 0 Å². The first-order valence-corrected chi connectivity index (χ1v) is 7.76. The number of carbonyl (C=O) groups excluding carboxylic acids is 1. The Morgan fingerprint density at radius 3 is 3.15 bits per heavy atom. The number of hydrogen-bond donors (Lipinski definition) is 1. The van der Waals surface area contributed by atoms with Gasteiger partial charge >= 0.3 is 0 Å². The van der Waals surface area contributed by atoms with E-state index in [9.17, 15) is 4.79 Å². The van der Waals surface area contributed by atoms with Crippen LogP contribution in [-0.4, -0.2) is 15.5 Å². The lowest BCUT2D eigenvalue weighted by molar-refractivity contribution is 0.0936. The molecule has 20 heavy (non-hydrogen) atoms. The van der Waals surface area contributed by atoms with Crippen molar-refractivity contribution < 1.29 is 4.79 Å². The number of aromatic nitrogens is 2. The second kappa shape index (κ2) is 5.71. The highest BCUT2D eigenvalue weighted by molar-refractivity contribution is 7.08. The van der Waals surface area contributed by atoms with Crippen LogP contribution in [0, 0.1) is 0 Å². The van der Waals surface area contributed by atoms with Crippen LogP contribution in [-0.2, 0) is 12.8 Å². The zero-order chi connectivity index (χ0) is 13.9. The molecule has 1 aliphatic rings. The van der Waals surface area contributed by atoms with Crippen LogP contribution in [0.1, 0.15) is 52.3 Å². The summed E-state index contributed by atoms with van der Waals surface area (Å²) in [6.45, 7) is 1.99. The van der Waals surface area contributed by atoms with Gasteiger partial charge in [0.15, 0.2) is 0 Å². The van der Waals surface area contributed by atoms with E-state index in [2.05, 4.69) is 33.1 Å². The number of aryl methyl sites for hydroxylation is 2. The highest BCUT2D eigenvalue weighted by atomic mass is 32.1. The molecule has 0 fully saturated rings. The average Bonchev–Trinajstić information content (AvgIpc) is 2.96. The maximum absolute atomic E-state index is 12.4. The third-order valence-electron chi connectivity index (χ3n) is 3.77. The molecule has 1 atom stereocenters. The Morgan fingerprint density at radius 1 is 1.45 bits per heavy atom. The van der Waals surface area contributed by atoms with Crippen molar-refractivity contribution in [2.75, 3.05) is 0 Å². The Balaban J connectivity index is 1.81. The fraction of sp³-hybridized carbons (Fsp3) is 0.400. The molecule has 5 heteroatoms. The summed E-state index contributed by atoms with van der Waals surface area (Å²) in [5, 5.41) is 7.14. The second-order valence-electron chi connectivity index (χ2n) is 5.02. The lowest BCUT2D eigenvalue weighted by atomic mass is 9.88. The third kappa shape index (κ3) is 2.45. The monoisotopic (exact) mass is 287 g/mol. The number of fused-ring (bicyclic) bond motifs is 1. The van der Waals surface area contributed by atoms with Gasteiger partial charge in [0.25, 0.3) is 5.91 Å². The summed E-state index contributed by atoms with van der Waals surface area (Å²) < 4.78 is 3.88. The van der Waals surface area contributed by atoms with Crippen molar-refractivity contribution in [3.8, 4) is 0 Å². The van der Waals surface area contributed by atoms with Crippen molar-refractivity contribution in [2.24, 2.45) is 0 Å². The number of carbonyl (C=O) groups is 1. The van der Waals surface area contributed by atoms with E-state index >= 15 is 0 Å². The van der Waals surface area contributed by atoms with Crippen molar-refractivity contribution in [3.05, 3.63) is 46.0 Å². The van der Waals surface area contributed by atoms with E-state index in [1.54, 1.807) is 0 Å². The smallest absolute Gasteiger partial charge is 0.265 e. The van der Waals surface area contributed by atoms with Crippen LogP contribution in [0.2, 0.25) is 0 Å². The first-order valence-electron chi connectivity index (χ1n) is 6.99. The summed E-state index contributed by atoms with van der Waals surface area (Å²) in [4.78, 5) is 13.0. The summed E-state index contributed by atoms with van der Waals surface area (Å²) in [7, 11) is 0. The molecule has 1 aromatic carbocycles. The molecule has 2 aromatic rings. The molecule has 0 bridgehead atoms. The van der Waals surface area contributed by atoms with E-state index < -0.39 is 0 Å². The largest absolute Gasteiger partial charge is 0.344 e. The Labute approximate surface area is 122 Å². The van der Waals surface area contributed by atoms with Crippen molar-refractivity contribution in [1.29, 1.82) is 0 Å². The summed E-state index contributed by atoms with van der Waals surface area (Å²) in [5.74, 6) is -0.0430. The SMILES string of the molecule is CCc1nnsc1C(=O)N[C@@H]1CCCc2ccccc21. The molecule has 0 saturated carbocycles. The van der Waals surface area contributed by atoms with Gasteiger partial charge in [0.2, 0.25) is 0 Å². The van der Waals surface area contributed by atoms with Crippen LogP contribution in [0.4, 0.5) is 0 Å². The number of rotatable bonds is 3. The van der Waals surface area contributed by atoms with E-state index in [1.807, 2.05) is 13.0 Å². The quantitative estimate of drug-likeness (QED) is 0.944. The molecule has 0 spiro atoms. The minimum Gasteiger partial charge on any atom is -0.344 e. The van der Waals surface area contributed by atoms with Crippen molar-refractivity contribution in [1.82, 2.24) is 14.9 Å². The van der Waals surface area contributed by atoms with Crippen LogP contribution < -0.4 is 5.32 Å². The van der Waals surface area contributed by atoms with Crippen molar-refractivity contribution in [3.63, 3.8) is 0 Å². The van der Waals surface area contributed by atoms with Gasteiger partial charge in [-0.1, -0.05) is 35.7 Å². The molecule has 1 aliphatic carbocycles. The van der Waals surface area contributed by atoms with E-state index in [0.717, 1.165) is 31.4 Å². The van der Waals surface area contributed by atoms with Gasteiger partial charge in [0, 0.05) is 0 Å². The topological polar surface area (TPSA) is 54.9 Å². The molecule has 4 nitrogen and oxygen atoms in total. The predicted octanol–water partition coefficient (Wildman–Crippen LogP) is 2.91.